The van der Waals surface area contributed by atoms with E-state index < -0.39 is 0 Å². The minimum absolute atomic E-state index is 0.351. The van der Waals surface area contributed by atoms with Gasteiger partial charge in [0.2, 0.25) is 0 Å². The van der Waals surface area contributed by atoms with Gasteiger partial charge in [0.15, 0.2) is 0 Å². The average Bonchev–Trinajstić information content (AvgIpc) is 2.42. The van der Waals surface area contributed by atoms with E-state index in [9.17, 15) is 5.11 Å². The van der Waals surface area contributed by atoms with Crippen molar-refractivity contribution >= 4 is 0 Å². The molecule has 0 radical (unpaired) electrons. The van der Waals surface area contributed by atoms with Gasteiger partial charge in [-0.25, -0.2) is 0 Å². The van der Waals surface area contributed by atoms with Gasteiger partial charge < -0.3 is 15.3 Å². The lowest BCUT2D eigenvalue weighted by Gasteiger charge is -2.32. The van der Waals surface area contributed by atoms with E-state index >= 15 is 0 Å². The van der Waals surface area contributed by atoms with E-state index in [0.717, 1.165) is 12.0 Å². The Morgan fingerprint density at radius 2 is 1.89 bits per heavy atom. The molecule has 106 valence electrons. The van der Waals surface area contributed by atoms with Crippen LogP contribution in [0.1, 0.15) is 37.9 Å². The maximum atomic E-state index is 10.2. The van der Waals surface area contributed by atoms with Crippen LogP contribution in [0.3, 0.4) is 0 Å². The minimum atomic E-state index is -0.366. The molecule has 2 rings (SSSR count). The van der Waals surface area contributed by atoms with Crippen LogP contribution in [-0.2, 0) is 0 Å². The van der Waals surface area contributed by atoms with Crippen molar-refractivity contribution in [2.45, 2.75) is 44.4 Å². The summed E-state index contributed by atoms with van der Waals surface area (Å²) in [5.41, 5.74) is 1.01. The summed E-state index contributed by atoms with van der Waals surface area (Å²) in [5, 5.41) is 13.9. The lowest BCUT2D eigenvalue weighted by atomic mass is 10.00. The first-order valence-electron chi connectivity index (χ1n) is 7.32. The maximum Gasteiger partial charge on any atom is 0.0804 e. The molecule has 0 aliphatic carbocycles. The number of aliphatic hydroxyl groups is 1. The predicted molar refractivity (Wildman–Crippen MR) is 79.1 cm³/mol. The highest BCUT2D eigenvalue weighted by atomic mass is 16.3. The molecule has 3 nitrogen and oxygen atoms in total. The standard InChI is InChI=1S/C16H26N2O/c1-13(17-15-8-10-18(2)11-9-15)12-16(19)14-6-4-3-5-7-14/h3-7,13,15-17,19H,8-12H2,1-2H3. The SMILES string of the molecule is CC(CC(O)c1ccccc1)NC1CCN(C)CC1. The van der Waals surface area contributed by atoms with E-state index in [1.165, 1.54) is 25.9 Å². The normalized spacial score (nSPS) is 21.2. The molecule has 2 atom stereocenters. The molecule has 0 aromatic heterocycles. The summed E-state index contributed by atoms with van der Waals surface area (Å²) < 4.78 is 0. The van der Waals surface area contributed by atoms with Gasteiger partial charge in [0.1, 0.15) is 0 Å². The van der Waals surface area contributed by atoms with Crippen molar-refractivity contribution in [3.8, 4) is 0 Å². The summed E-state index contributed by atoms with van der Waals surface area (Å²) in [6.45, 7) is 4.52. The first-order valence-corrected chi connectivity index (χ1v) is 7.32. The van der Waals surface area contributed by atoms with Gasteiger partial charge in [0, 0.05) is 12.1 Å². The van der Waals surface area contributed by atoms with Crippen LogP contribution in [0.15, 0.2) is 30.3 Å². The largest absolute Gasteiger partial charge is 0.388 e. The fourth-order valence-corrected chi connectivity index (χ4v) is 2.79. The van der Waals surface area contributed by atoms with E-state index in [1.807, 2.05) is 30.3 Å². The van der Waals surface area contributed by atoms with Crippen molar-refractivity contribution < 1.29 is 5.11 Å². The van der Waals surface area contributed by atoms with E-state index in [0.29, 0.717) is 12.1 Å². The highest BCUT2D eigenvalue weighted by Crippen LogP contribution is 2.19. The third-order valence-corrected chi connectivity index (χ3v) is 4.00. The van der Waals surface area contributed by atoms with Crippen molar-refractivity contribution in [1.29, 1.82) is 0 Å². The van der Waals surface area contributed by atoms with Crippen molar-refractivity contribution in [2.75, 3.05) is 20.1 Å². The zero-order valence-electron chi connectivity index (χ0n) is 12.0. The maximum absolute atomic E-state index is 10.2. The second-order valence-electron chi connectivity index (χ2n) is 5.81. The zero-order valence-corrected chi connectivity index (χ0v) is 12.0. The Morgan fingerprint density at radius 3 is 2.53 bits per heavy atom. The first kappa shape index (κ1) is 14.5. The molecule has 1 heterocycles. The number of benzene rings is 1. The quantitative estimate of drug-likeness (QED) is 0.854. The highest BCUT2D eigenvalue weighted by molar-refractivity contribution is 5.17. The second-order valence-corrected chi connectivity index (χ2v) is 5.81. The molecule has 19 heavy (non-hydrogen) atoms. The molecule has 1 aliphatic rings. The summed E-state index contributed by atoms with van der Waals surface area (Å²) in [4.78, 5) is 2.38. The van der Waals surface area contributed by atoms with Crippen molar-refractivity contribution in [2.24, 2.45) is 0 Å². The van der Waals surface area contributed by atoms with Crippen LogP contribution in [0.5, 0.6) is 0 Å². The van der Waals surface area contributed by atoms with Crippen LogP contribution in [-0.4, -0.2) is 42.2 Å². The minimum Gasteiger partial charge on any atom is -0.388 e. The summed E-state index contributed by atoms with van der Waals surface area (Å²) in [5.74, 6) is 0. The number of piperidine rings is 1. The molecular weight excluding hydrogens is 236 g/mol. The molecule has 0 spiro atoms. The number of rotatable bonds is 5. The molecule has 1 fully saturated rings. The number of nitrogens with zero attached hydrogens (tertiary/aromatic N) is 1. The Bertz CT molecular complexity index is 360. The van der Waals surface area contributed by atoms with Crippen molar-refractivity contribution in [1.82, 2.24) is 10.2 Å². The van der Waals surface area contributed by atoms with Gasteiger partial charge in [0.25, 0.3) is 0 Å². The first-order chi connectivity index (χ1) is 9.15. The molecule has 3 heteroatoms. The summed E-state index contributed by atoms with van der Waals surface area (Å²) in [7, 11) is 2.18. The Balaban J connectivity index is 1.76. The monoisotopic (exact) mass is 262 g/mol. The smallest absolute Gasteiger partial charge is 0.0804 e. The number of likely N-dealkylation sites (tertiary alicyclic amines) is 1. The van der Waals surface area contributed by atoms with E-state index in [2.05, 4.69) is 24.2 Å². The molecule has 1 aliphatic heterocycles. The number of nitrogens with one attached hydrogen (secondary N) is 1. The lowest BCUT2D eigenvalue weighted by Crippen LogP contribution is -2.44. The molecule has 0 saturated carbocycles. The summed E-state index contributed by atoms with van der Waals surface area (Å²) >= 11 is 0. The van der Waals surface area contributed by atoms with E-state index in [4.69, 9.17) is 0 Å². The number of hydrogen-bond donors (Lipinski definition) is 2. The third-order valence-electron chi connectivity index (χ3n) is 4.00. The van der Waals surface area contributed by atoms with Gasteiger partial charge in [-0.2, -0.15) is 0 Å². The fourth-order valence-electron chi connectivity index (χ4n) is 2.79. The van der Waals surface area contributed by atoms with Gasteiger partial charge in [-0.3, -0.25) is 0 Å². The molecule has 1 aromatic carbocycles. The molecule has 1 aromatic rings. The van der Waals surface area contributed by atoms with Crippen molar-refractivity contribution in [3.63, 3.8) is 0 Å². The second kappa shape index (κ2) is 7.04. The molecule has 2 unspecified atom stereocenters. The van der Waals surface area contributed by atoms with Gasteiger partial charge in [-0.05, 0) is 51.9 Å². The Hall–Kier alpha value is -0.900. The van der Waals surface area contributed by atoms with Crippen LogP contribution in [0.2, 0.25) is 0 Å². The van der Waals surface area contributed by atoms with E-state index in [1.54, 1.807) is 0 Å². The predicted octanol–water partition coefficient (Wildman–Crippen LogP) is 2.18. The molecule has 1 saturated heterocycles. The Morgan fingerprint density at radius 1 is 1.26 bits per heavy atom. The third kappa shape index (κ3) is 4.60. The average molecular weight is 262 g/mol. The number of hydrogen-bond acceptors (Lipinski definition) is 3. The summed E-state index contributed by atoms with van der Waals surface area (Å²) in [6, 6.07) is 10.9. The van der Waals surface area contributed by atoms with Crippen LogP contribution in [0, 0.1) is 0 Å². The molecular formula is C16H26N2O. The van der Waals surface area contributed by atoms with Crippen LogP contribution in [0.4, 0.5) is 0 Å². The van der Waals surface area contributed by atoms with E-state index in [-0.39, 0.29) is 6.10 Å². The van der Waals surface area contributed by atoms with Gasteiger partial charge >= 0.3 is 0 Å². The Labute approximate surface area is 116 Å². The zero-order chi connectivity index (χ0) is 13.7. The van der Waals surface area contributed by atoms with Gasteiger partial charge in [-0.15, -0.1) is 0 Å². The fraction of sp³-hybridized carbons (Fsp3) is 0.625. The highest BCUT2D eigenvalue weighted by Gasteiger charge is 2.19. The molecule has 2 N–H and O–H groups in total. The number of aliphatic hydroxyl groups excluding tert-OH is 1. The van der Waals surface area contributed by atoms with Crippen LogP contribution < -0.4 is 5.32 Å². The topological polar surface area (TPSA) is 35.5 Å². The van der Waals surface area contributed by atoms with Gasteiger partial charge in [-0.1, -0.05) is 30.3 Å². The Kier molecular flexibility index (Phi) is 5.37. The van der Waals surface area contributed by atoms with Crippen molar-refractivity contribution in [3.05, 3.63) is 35.9 Å². The molecule has 0 bridgehead atoms. The van der Waals surface area contributed by atoms with Gasteiger partial charge in [0.05, 0.1) is 6.10 Å². The lowest BCUT2D eigenvalue weighted by molar-refractivity contribution is 0.145. The summed E-state index contributed by atoms with van der Waals surface area (Å²) in [6.07, 6.45) is 2.83. The van der Waals surface area contributed by atoms with Crippen LogP contribution in [0.25, 0.3) is 0 Å². The molecule has 0 amide bonds. The van der Waals surface area contributed by atoms with Crippen LogP contribution >= 0.6 is 0 Å².